The molecule has 0 bridgehead atoms. The Bertz CT molecular complexity index is 2100. The Kier molecular flexibility index (Phi) is 14.4. The zero-order valence-corrected chi connectivity index (χ0v) is 39.1. The van der Waals surface area contributed by atoms with Crippen molar-refractivity contribution >= 4 is 17.4 Å². The summed E-state index contributed by atoms with van der Waals surface area (Å²) in [5.41, 5.74) is 3.43. The third kappa shape index (κ3) is 9.59. The molecule has 12 nitrogen and oxygen atoms in total. The number of oxime groups is 2. The van der Waals surface area contributed by atoms with Crippen molar-refractivity contribution in [2.45, 2.75) is 118 Å². The van der Waals surface area contributed by atoms with Gasteiger partial charge < -0.3 is 42.8 Å². The van der Waals surface area contributed by atoms with E-state index in [0.717, 1.165) is 49.7 Å². The molecule has 2 saturated carbocycles. The zero-order valence-electron chi connectivity index (χ0n) is 39.1. The Labute approximate surface area is 379 Å². The van der Waals surface area contributed by atoms with Crippen molar-refractivity contribution in [3.05, 3.63) is 83.4 Å². The number of rotatable bonds is 14. The van der Waals surface area contributed by atoms with E-state index in [0.29, 0.717) is 69.6 Å². The lowest BCUT2D eigenvalue weighted by Gasteiger charge is -2.48. The molecule has 64 heavy (non-hydrogen) atoms. The lowest BCUT2D eigenvalue weighted by molar-refractivity contribution is -0.252. The molecule has 2 aliphatic carbocycles. The van der Waals surface area contributed by atoms with Crippen LogP contribution in [0.25, 0.3) is 0 Å². The summed E-state index contributed by atoms with van der Waals surface area (Å²) in [5.74, 6) is 1.60. The molecule has 0 saturated heterocycles. The SMILES string of the molecule is CCOC(=O)[C@H]1C(c2ccc(OC)cc2)=NO[C@H](O[C@@H]2C[C@H](C)CC[C@H]2C(C)C)C1C1C(c2ccc(OC)cc2)=NO[C@H](O[C@@H]2C[C@H](C)CC[C@H]2C(C)C)[C@@H]1c1ccc2c(c1)OCO2. The van der Waals surface area contributed by atoms with E-state index < -0.39 is 42.2 Å². The number of carbonyl (C=O) groups excluding carboxylic acids is 1. The number of hydrogen-bond acceptors (Lipinski definition) is 12. The molecule has 0 amide bonds. The van der Waals surface area contributed by atoms with Crippen molar-refractivity contribution in [2.24, 2.45) is 63.6 Å². The molecule has 2 unspecified atom stereocenters. The Morgan fingerprint density at radius 1 is 0.672 bits per heavy atom. The summed E-state index contributed by atoms with van der Waals surface area (Å²) in [6, 6.07) is 21.4. The quantitative estimate of drug-likeness (QED) is 0.145. The van der Waals surface area contributed by atoms with E-state index >= 15 is 4.79 Å². The predicted molar refractivity (Wildman–Crippen MR) is 244 cm³/mol. The van der Waals surface area contributed by atoms with E-state index in [1.807, 2.05) is 67.6 Å². The highest BCUT2D eigenvalue weighted by molar-refractivity contribution is 6.13. The third-order valence-electron chi connectivity index (χ3n) is 14.5. The lowest BCUT2D eigenvalue weighted by atomic mass is 9.65. The fraction of sp³-hybridized carbons (Fsp3) is 0.596. The van der Waals surface area contributed by atoms with E-state index in [1.54, 1.807) is 14.2 Å². The van der Waals surface area contributed by atoms with Crippen LogP contribution in [0, 0.1) is 53.3 Å². The molecule has 12 atom stereocenters. The second-order valence-electron chi connectivity index (χ2n) is 19.3. The summed E-state index contributed by atoms with van der Waals surface area (Å²) in [4.78, 5) is 28.6. The van der Waals surface area contributed by atoms with E-state index in [2.05, 4.69) is 47.6 Å². The number of esters is 1. The molecular formula is C52H68N2O10. The molecule has 3 heterocycles. The smallest absolute Gasteiger partial charge is 0.315 e. The van der Waals surface area contributed by atoms with Crippen LogP contribution in [0.4, 0.5) is 0 Å². The van der Waals surface area contributed by atoms with Gasteiger partial charge in [0.25, 0.3) is 0 Å². The highest BCUT2D eigenvalue weighted by Gasteiger charge is 2.57. The van der Waals surface area contributed by atoms with Crippen molar-refractivity contribution in [3.63, 3.8) is 0 Å². The van der Waals surface area contributed by atoms with Crippen molar-refractivity contribution in [3.8, 4) is 23.0 Å². The van der Waals surface area contributed by atoms with Gasteiger partial charge in [0, 0.05) is 11.5 Å². The Morgan fingerprint density at radius 3 is 1.77 bits per heavy atom. The standard InChI is InChI=1S/C52H68N2O10/c1-10-58-50(55)47-46(52(62-42-26-32(7)12-23-39(42)30(4)5)64-54-49(47)34-15-20-37(57-9)21-16-34)45-44(35-17-24-40-43(27-35)60-28-59-40)51(61-41-25-31(6)11-22-38(41)29(2)3)63-53-48(45)33-13-18-36(56-8)19-14-33/h13-21,24,27,29-32,38-39,41-42,44-47,51-52H,10-12,22-23,25-26,28H2,1-9H3/t31-,32-,38+,39+,41-,42-,44-,45?,46?,47-,51+,52+/m1/s1. The fourth-order valence-corrected chi connectivity index (χ4v) is 11.0. The van der Waals surface area contributed by atoms with E-state index in [1.165, 1.54) is 0 Å². The zero-order chi connectivity index (χ0) is 45.1. The normalized spacial score (nSPS) is 31.4. The van der Waals surface area contributed by atoms with Crippen LogP contribution in [-0.4, -0.2) is 69.8 Å². The summed E-state index contributed by atoms with van der Waals surface area (Å²) >= 11 is 0. The fourth-order valence-electron chi connectivity index (χ4n) is 11.0. The van der Waals surface area contributed by atoms with Gasteiger partial charge >= 0.3 is 5.97 Å². The number of benzene rings is 3. The maximum Gasteiger partial charge on any atom is 0.315 e. The molecule has 3 aliphatic heterocycles. The van der Waals surface area contributed by atoms with Crippen molar-refractivity contribution in [1.82, 2.24) is 0 Å². The third-order valence-corrected chi connectivity index (χ3v) is 14.5. The second kappa shape index (κ2) is 20.1. The van der Waals surface area contributed by atoms with Crippen LogP contribution in [0.1, 0.15) is 110 Å². The maximum absolute atomic E-state index is 15.1. The van der Waals surface area contributed by atoms with E-state index in [4.69, 9.17) is 53.1 Å². The Morgan fingerprint density at radius 2 is 1.20 bits per heavy atom. The molecule has 8 rings (SSSR count). The molecular weight excluding hydrogens is 813 g/mol. The number of methoxy groups -OCH3 is 2. The van der Waals surface area contributed by atoms with Gasteiger partial charge in [0.2, 0.25) is 19.4 Å². The highest BCUT2D eigenvalue weighted by Crippen LogP contribution is 2.51. The minimum absolute atomic E-state index is 0.0916. The number of nitrogens with zero attached hydrogens (tertiary/aromatic N) is 2. The molecule has 346 valence electrons. The van der Waals surface area contributed by atoms with E-state index in [-0.39, 0.29) is 31.5 Å². The first-order valence-electron chi connectivity index (χ1n) is 23.6. The van der Waals surface area contributed by atoms with Crippen LogP contribution in [0.2, 0.25) is 0 Å². The number of ether oxygens (including phenoxy) is 7. The Balaban J connectivity index is 1.36. The predicted octanol–water partition coefficient (Wildman–Crippen LogP) is 10.4. The van der Waals surface area contributed by atoms with Gasteiger partial charge in [-0.2, -0.15) is 0 Å². The topological polar surface area (TPSA) is 125 Å². The summed E-state index contributed by atoms with van der Waals surface area (Å²) in [5, 5.41) is 9.90. The van der Waals surface area contributed by atoms with Crippen molar-refractivity contribution in [2.75, 3.05) is 27.6 Å². The summed E-state index contributed by atoms with van der Waals surface area (Å²) in [7, 11) is 3.28. The van der Waals surface area contributed by atoms with Crippen LogP contribution in [0.5, 0.6) is 23.0 Å². The minimum Gasteiger partial charge on any atom is -0.497 e. The monoisotopic (exact) mass is 880 g/mol. The van der Waals surface area contributed by atoms with Gasteiger partial charge in [-0.15, -0.1) is 0 Å². The first-order chi connectivity index (χ1) is 31.0. The summed E-state index contributed by atoms with van der Waals surface area (Å²) in [6.45, 7) is 15.8. The van der Waals surface area contributed by atoms with Gasteiger partial charge in [0.05, 0.1) is 50.6 Å². The lowest BCUT2D eigenvalue weighted by Crippen LogP contribution is -2.55. The molecule has 3 aromatic rings. The van der Waals surface area contributed by atoms with Gasteiger partial charge in [0.1, 0.15) is 23.1 Å². The van der Waals surface area contributed by atoms with Crippen LogP contribution in [0.15, 0.2) is 77.0 Å². The van der Waals surface area contributed by atoms with E-state index in [9.17, 15) is 0 Å². The van der Waals surface area contributed by atoms with Gasteiger partial charge in [-0.25, -0.2) is 0 Å². The van der Waals surface area contributed by atoms with Crippen LogP contribution < -0.4 is 18.9 Å². The number of fused-ring (bicyclic) bond motifs is 1. The van der Waals surface area contributed by atoms with Gasteiger partial charge in [-0.05, 0) is 140 Å². The van der Waals surface area contributed by atoms with Crippen LogP contribution in [-0.2, 0) is 28.7 Å². The molecule has 2 fully saturated rings. The summed E-state index contributed by atoms with van der Waals surface area (Å²) < 4.78 is 43.9. The minimum atomic E-state index is -0.991. The largest absolute Gasteiger partial charge is 0.497 e. The Hall–Kier alpha value is -4.81. The first kappa shape index (κ1) is 45.7. The van der Waals surface area contributed by atoms with Crippen LogP contribution in [0.3, 0.4) is 0 Å². The van der Waals surface area contributed by atoms with Crippen molar-refractivity contribution in [1.29, 1.82) is 0 Å². The molecule has 3 aromatic carbocycles. The number of carbonyl (C=O) groups is 1. The highest BCUT2D eigenvalue weighted by atomic mass is 16.8. The first-order valence-corrected chi connectivity index (χ1v) is 23.6. The molecule has 0 spiro atoms. The average Bonchev–Trinajstić information content (AvgIpc) is 3.77. The van der Waals surface area contributed by atoms with Gasteiger partial charge in [0.15, 0.2) is 11.5 Å². The molecule has 12 heteroatoms. The van der Waals surface area contributed by atoms with Crippen LogP contribution >= 0.6 is 0 Å². The van der Waals surface area contributed by atoms with Gasteiger partial charge in [-0.1, -0.05) is 70.8 Å². The second-order valence-corrected chi connectivity index (χ2v) is 19.3. The molecule has 0 N–H and O–H groups in total. The van der Waals surface area contributed by atoms with Crippen molar-refractivity contribution < 1.29 is 47.6 Å². The number of hydrogen-bond donors (Lipinski definition) is 0. The molecule has 0 aromatic heterocycles. The maximum atomic E-state index is 15.1. The average molecular weight is 881 g/mol. The summed E-state index contributed by atoms with van der Waals surface area (Å²) in [6.07, 6.45) is 4.01. The molecule has 0 radical (unpaired) electrons. The van der Waals surface area contributed by atoms with Gasteiger partial charge in [-0.3, -0.25) is 4.79 Å². The molecule has 5 aliphatic rings.